The van der Waals surface area contributed by atoms with Crippen molar-refractivity contribution in [1.82, 2.24) is 20.4 Å². The van der Waals surface area contributed by atoms with Gasteiger partial charge in [0.05, 0.1) is 0 Å². The van der Waals surface area contributed by atoms with Crippen LogP contribution >= 0.6 is 24.0 Å². The number of aryl methyl sites for hydroxylation is 1. The maximum absolute atomic E-state index is 11.6. The number of nitrogens with one attached hydrogen (secondary N) is 2. The quantitative estimate of drug-likeness (QED) is 0.218. The summed E-state index contributed by atoms with van der Waals surface area (Å²) in [5.41, 5.74) is 2.69. The number of piperidine rings is 1. The summed E-state index contributed by atoms with van der Waals surface area (Å²) in [7, 11) is 3.58. The Balaban J connectivity index is 0.00000385. The first kappa shape index (κ1) is 27.7. The maximum atomic E-state index is 11.6. The van der Waals surface area contributed by atoms with E-state index in [0.29, 0.717) is 12.3 Å². The van der Waals surface area contributed by atoms with Crippen molar-refractivity contribution in [3.05, 3.63) is 29.8 Å². The second kappa shape index (κ2) is 14.7. The molecule has 186 valence electrons. The fourth-order valence-electron chi connectivity index (χ4n) is 4.76. The van der Waals surface area contributed by atoms with Gasteiger partial charge in [-0.2, -0.15) is 0 Å². The average molecular weight is 571 g/mol. The minimum atomic E-state index is 0. The fraction of sp³-hybridized carbons (Fsp3) is 0.680. The minimum Gasteiger partial charge on any atom is -0.369 e. The van der Waals surface area contributed by atoms with E-state index in [4.69, 9.17) is 0 Å². The van der Waals surface area contributed by atoms with Gasteiger partial charge in [-0.3, -0.25) is 14.7 Å². The summed E-state index contributed by atoms with van der Waals surface area (Å²) in [5.74, 6) is 1.66. The molecule has 0 bridgehead atoms. The lowest BCUT2D eigenvalue weighted by molar-refractivity contribution is -0.121. The Labute approximate surface area is 217 Å². The summed E-state index contributed by atoms with van der Waals surface area (Å²) >= 11 is 0. The number of benzene rings is 1. The van der Waals surface area contributed by atoms with Crippen molar-refractivity contribution >= 4 is 41.5 Å². The number of amides is 1. The summed E-state index contributed by atoms with van der Waals surface area (Å²) in [6, 6.07) is 8.84. The Kier molecular flexibility index (Phi) is 12.3. The van der Waals surface area contributed by atoms with E-state index in [1.807, 2.05) is 7.05 Å². The lowest BCUT2D eigenvalue weighted by Crippen LogP contribution is -2.47. The summed E-state index contributed by atoms with van der Waals surface area (Å²) in [4.78, 5) is 23.5. The number of hydrogen-bond donors (Lipinski definition) is 2. The van der Waals surface area contributed by atoms with Crippen molar-refractivity contribution in [2.45, 2.75) is 39.0 Å². The van der Waals surface area contributed by atoms with Gasteiger partial charge < -0.3 is 20.4 Å². The van der Waals surface area contributed by atoms with Gasteiger partial charge >= 0.3 is 0 Å². The number of unbranched alkanes of at least 4 members (excludes halogenated alkanes) is 1. The number of rotatable bonds is 8. The van der Waals surface area contributed by atoms with Crippen molar-refractivity contribution in [2.24, 2.45) is 10.9 Å². The third-order valence-corrected chi connectivity index (χ3v) is 6.80. The van der Waals surface area contributed by atoms with Crippen molar-refractivity contribution in [3.63, 3.8) is 0 Å². The molecule has 1 aromatic carbocycles. The molecule has 1 amide bonds. The Morgan fingerprint density at radius 2 is 1.82 bits per heavy atom. The number of halogens is 1. The highest BCUT2D eigenvalue weighted by molar-refractivity contribution is 14.0. The highest BCUT2D eigenvalue weighted by Crippen LogP contribution is 2.20. The van der Waals surface area contributed by atoms with E-state index in [1.54, 1.807) is 7.05 Å². The normalized spacial score (nSPS) is 18.1. The summed E-state index contributed by atoms with van der Waals surface area (Å²) in [6.45, 7) is 10.8. The molecule has 2 fully saturated rings. The Morgan fingerprint density at radius 3 is 2.45 bits per heavy atom. The predicted octanol–water partition coefficient (Wildman–Crippen LogP) is 2.94. The molecule has 3 rings (SSSR count). The number of hydrogen-bond acceptors (Lipinski definition) is 4. The zero-order valence-corrected chi connectivity index (χ0v) is 23.0. The van der Waals surface area contributed by atoms with E-state index in [-0.39, 0.29) is 29.9 Å². The zero-order chi connectivity index (χ0) is 22.8. The number of piperazine rings is 1. The molecule has 2 aliphatic heterocycles. The van der Waals surface area contributed by atoms with Crippen molar-refractivity contribution < 1.29 is 4.79 Å². The second-order valence-corrected chi connectivity index (χ2v) is 9.16. The van der Waals surface area contributed by atoms with E-state index in [2.05, 4.69) is 61.5 Å². The number of anilines is 1. The molecule has 2 heterocycles. The molecule has 0 saturated carbocycles. The SMILES string of the molecule is CN=C(NCCCCN1CCN(c2cccc(C)c2)CC1)N1CCC(CC(=O)NC)CC1.I. The van der Waals surface area contributed by atoms with Crippen LogP contribution in [0, 0.1) is 12.8 Å². The van der Waals surface area contributed by atoms with E-state index in [0.717, 1.165) is 71.0 Å². The molecule has 1 aromatic rings. The van der Waals surface area contributed by atoms with Gasteiger partial charge in [0.2, 0.25) is 5.91 Å². The van der Waals surface area contributed by atoms with Crippen LogP contribution in [0.25, 0.3) is 0 Å². The topological polar surface area (TPSA) is 63.2 Å². The Hall–Kier alpha value is -1.55. The monoisotopic (exact) mass is 570 g/mol. The molecule has 0 atom stereocenters. The van der Waals surface area contributed by atoms with Crippen LogP contribution in [0.1, 0.15) is 37.7 Å². The van der Waals surface area contributed by atoms with E-state index in [9.17, 15) is 4.79 Å². The highest BCUT2D eigenvalue weighted by atomic mass is 127. The van der Waals surface area contributed by atoms with E-state index < -0.39 is 0 Å². The van der Waals surface area contributed by atoms with Gasteiger partial charge in [0.1, 0.15) is 0 Å². The van der Waals surface area contributed by atoms with Crippen LogP contribution in [0.3, 0.4) is 0 Å². The first-order valence-corrected chi connectivity index (χ1v) is 12.3. The van der Waals surface area contributed by atoms with Crippen molar-refractivity contribution in [3.8, 4) is 0 Å². The molecule has 8 heteroatoms. The van der Waals surface area contributed by atoms with E-state index >= 15 is 0 Å². The van der Waals surface area contributed by atoms with Crippen LogP contribution in [0.2, 0.25) is 0 Å². The van der Waals surface area contributed by atoms with E-state index in [1.165, 1.54) is 24.2 Å². The van der Waals surface area contributed by atoms with Gasteiger partial charge in [-0.1, -0.05) is 12.1 Å². The second-order valence-electron chi connectivity index (χ2n) is 9.16. The number of carbonyl (C=O) groups is 1. The minimum absolute atomic E-state index is 0. The molecule has 0 aliphatic carbocycles. The van der Waals surface area contributed by atoms with Crippen LogP contribution in [0.15, 0.2) is 29.3 Å². The van der Waals surface area contributed by atoms with Crippen molar-refractivity contribution in [1.29, 1.82) is 0 Å². The molecule has 0 aromatic heterocycles. The Morgan fingerprint density at radius 1 is 1.09 bits per heavy atom. The van der Waals surface area contributed by atoms with Crippen LogP contribution in [0.4, 0.5) is 5.69 Å². The van der Waals surface area contributed by atoms with Gasteiger partial charge in [-0.05, 0) is 62.8 Å². The molecule has 0 spiro atoms. The molecular weight excluding hydrogens is 527 g/mol. The summed E-state index contributed by atoms with van der Waals surface area (Å²) in [5, 5.41) is 6.29. The van der Waals surface area contributed by atoms with Gasteiger partial charge in [0.25, 0.3) is 0 Å². The molecule has 2 aliphatic rings. The largest absolute Gasteiger partial charge is 0.369 e. The third kappa shape index (κ3) is 8.96. The van der Waals surface area contributed by atoms with Gasteiger partial charge in [-0.15, -0.1) is 24.0 Å². The molecule has 7 nitrogen and oxygen atoms in total. The summed E-state index contributed by atoms with van der Waals surface area (Å²) in [6.07, 6.45) is 5.13. The smallest absolute Gasteiger partial charge is 0.220 e. The Bertz CT molecular complexity index is 742. The molecule has 2 saturated heterocycles. The number of aliphatic imine (C=N–C) groups is 1. The number of guanidine groups is 1. The van der Waals surface area contributed by atoms with Crippen LogP contribution in [-0.2, 0) is 4.79 Å². The predicted molar refractivity (Wildman–Crippen MR) is 149 cm³/mol. The lowest BCUT2D eigenvalue weighted by atomic mass is 9.93. The molecular formula is C25H43IN6O. The highest BCUT2D eigenvalue weighted by Gasteiger charge is 2.23. The first-order valence-electron chi connectivity index (χ1n) is 12.3. The maximum Gasteiger partial charge on any atom is 0.220 e. The van der Waals surface area contributed by atoms with Crippen LogP contribution < -0.4 is 15.5 Å². The fourth-order valence-corrected chi connectivity index (χ4v) is 4.76. The molecule has 0 radical (unpaired) electrons. The lowest BCUT2D eigenvalue weighted by Gasteiger charge is -2.36. The summed E-state index contributed by atoms with van der Waals surface area (Å²) < 4.78 is 0. The molecule has 2 N–H and O–H groups in total. The van der Waals surface area contributed by atoms with Crippen LogP contribution in [-0.4, -0.2) is 88.1 Å². The molecule has 33 heavy (non-hydrogen) atoms. The first-order chi connectivity index (χ1) is 15.6. The number of carbonyl (C=O) groups excluding carboxylic acids is 1. The zero-order valence-electron chi connectivity index (χ0n) is 20.7. The number of nitrogens with zero attached hydrogens (tertiary/aromatic N) is 4. The average Bonchev–Trinajstić information content (AvgIpc) is 2.82. The van der Waals surface area contributed by atoms with Crippen LogP contribution in [0.5, 0.6) is 0 Å². The van der Waals surface area contributed by atoms with Gasteiger partial charge in [0.15, 0.2) is 5.96 Å². The molecule has 0 unspecified atom stereocenters. The third-order valence-electron chi connectivity index (χ3n) is 6.80. The van der Waals surface area contributed by atoms with Gasteiger partial charge in [0, 0.05) is 72.0 Å². The van der Waals surface area contributed by atoms with Gasteiger partial charge in [-0.25, -0.2) is 0 Å². The number of likely N-dealkylation sites (tertiary alicyclic amines) is 1. The standard InChI is InChI=1S/C25H42N6O.HI/c1-21-7-6-8-23(19-21)30-17-15-29(16-18-30)12-5-4-11-28-25(27-3)31-13-9-22(10-14-31)20-24(32)26-2;/h6-8,19,22H,4-5,9-18,20H2,1-3H3,(H,26,32)(H,27,28);1H. The van der Waals surface area contributed by atoms with Crippen molar-refractivity contribution in [2.75, 3.05) is 71.4 Å².